The lowest BCUT2D eigenvalue weighted by molar-refractivity contribution is 0.0986. The van der Waals surface area contributed by atoms with Gasteiger partial charge in [0.2, 0.25) is 0 Å². The molecule has 0 aromatic heterocycles. The summed E-state index contributed by atoms with van der Waals surface area (Å²) in [7, 11) is 0. The molecule has 0 heterocycles. The van der Waals surface area contributed by atoms with Gasteiger partial charge < -0.3 is 16.2 Å². The zero-order valence-corrected chi connectivity index (χ0v) is 11.0. The highest BCUT2D eigenvalue weighted by atomic mass is 35.5. The number of para-hydroxylation sites is 1. The Kier molecular flexibility index (Phi) is 5.44. The second kappa shape index (κ2) is 6.61. The number of hydrogen-bond acceptors (Lipinski definition) is 3. The summed E-state index contributed by atoms with van der Waals surface area (Å²) in [6.45, 7) is 0. The number of rotatable bonds is 3. The summed E-state index contributed by atoms with van der Waals surface area (Å²) in [4.78, 5) is 11.2. The van der Waals surface area contributed by atoms with Crippen molar-refractivity contribution in [3.63, 3.8) is 0 Å². The first-order chi connectivity index (χ1) is 8.16. The first-order valence-corrected chi connectivity index (χ1v) is 5.98. The Balaban J connectivity index is 0.00000162. The normalized spacial score (nSPS) is 22.9. The fraction of sp³-hybridized carbons (Fsp3) is 0.462. The van der Waals surface area contributed by atoms with E-state index in [9.17, 15) is 4.79 Å². The van der Waals surface area contributed by atoms with Gasteiger partial charge in [-0.15, -0.1) is 12.4 Å². The molecule has 100 valence electrons. The molecule has 5 heteroatoms. The van der Waals surface area contributed by atoms with Crippen LogP contribution in [0.1, 0.15) is 36.0 Å². The van der Waals surface area contributed by atoms with Crippen molar-refractivity contribution in [3.8, 4) is 5.75 Å². The van der Waals surface area contributed by atoms with Gasteiger partial charge in [-0.3, -0.25) is 4.79 Å². The smallest absolute Gasteiger partial charge is 0.252 e. The largest absolute Gasteiger partial charge is 0.490 e. The predicted molar refractivity (Wildman–Crippen MR) is 73.1 cm³/mol. The highest BCUT2D eigenvalue weighted by molar-refractivity contribution is 5.95. The zero-order chi connectivity index (χ0) is 12.3. The Morgan fingerprint density at radius 2 is 1.78 bits per heavy atom. The summed E-state index contributed by atoms with van der Waals surface area (Å²) in [6, 6.07) is 7.39. The molecule has 1 aliphatic rings. The van der Waals surface area contributed by atoms with E-state index in [0.29, 0.717) is 17.4 Å². The maximum atomic E-state index is 11.2. The van der Waals surface area contributed by atoms with Gasteiger partial charge in [0.05, 0.1) is 11.7 Å². The fourth-order valence-electron chi connectivity index (χ4n) is 2.16. The molecule has 1 aromatic rings. The molecule has 1 fully saturated rings. The van der Waals surface area contributed by atoms with Crippen LogP contribution in [-0.4, -0.2) is 18.1 Å². The molecule has 4 N–H and O–H groups in total. The molecule has 0 aliphatic heterocycles. The van der Waals surface area contributed by atoms with E-state index >= 15 is 0 Å². The number of ether oxygens (including phenoxy) is 1. The Hall–Kier alpha value is -1.26. The van der Waals surface area contributed by atoms with Crippen LogP contribution in [0.15, 0.2) is 24.3 Å². The van der Waals surface area contributed by atoms with Gasteiger partial charge in [0.1, 0.15) is 5.75 Å². The zero-order valence-electron chi connectivity index (χ0n) is 10.2. The SMILES string of the molecule is Cl.NC(=O)c1ccccc1OC1CCC(N)CC1. The molecule has 0 spiro atoms. The second-order valence-electron chi connectivity index (χ2n) is 4.52. The number of hydrogen-bond donors (Lipinski definition) is 2. The molecule has 4 nitrogen and oxygen atoms in total. The van der Waals surface area contributed by atoms with Crippen molar-refractivity contribution in [2.24, 2.45) is 11.5 Å². The summed E-state index contributed by atoms with van der Waals surface area (Å²) < 4.78 is 5.84. The maximum absolute atomic E-state index is 11.2. The summed E-state index contributed by atoms with van der Waals surface area (Å²) in [6.07, 6.45) is 3.98. The molecule has 0 radical (unpaired) electrons. The molecule has 1 amide bonds. The van der Waals surface area contributed by atoms with Crippen molar-refractivity contribution in [1.29, 1.82) is 0 Å². The second-order valence-corrected chi connectivity index (χ2v) is 4.52. The molecule has 0 atom stereocenters. The van der Waals surface area contributed by atoms with E-state index in [1.165, 1.54) is 0 Å². The first kappa shape index (κ1) is 14.8. The van der Waals surface area contributed by atoms with E-state index in [-0.39, 0.29) is 18.5 Å². The molecular formula is C13H19ClN2O2. The summed E-state index contributed by atoms with van der Waals surface area (Å²) in [5, 5.41) is 0. The molecule has 0 saturated heterocycles. The van der Waals surface area contributed by atoms with Crippen LogP contribution in [0.3, 0.4) is 0 Å². The quantitative estimate of drug-likeness (QED) is 0.880. The van der Waals surface area contributed by atoms with E-state index in [2.05, 4.69) is 0 Å². The lowest BCUT2D eigenvalue weighted by atomic mass is 9.93. The minimum atomic E-state index is -0.451. The van der Waals surface area contributed by atoms with Gasteiger partial charge in [0, 0.05) is 6.04 Å². The van der Waals surface area contributed by atoms with Crippen molar-refractivity contribution in [2.45, 2.75) is 37.8 Å². The van der Waals surface area contributed by atoms with E-state index < -0.39 is 5.91 Å². The van der Waals surface area contributed by atoms with Gasteiger partial charge in [0.15, 0.2) is 0 Å². The first-order valence-electron chi connectivity index (χ1n) is 5.98. The van der Waals surface area contributed by atoms with Gasteiger partial charge in [-0.05, 0) is 37.8 Å². The average Bonchev–Trinajstić information content (AvgIpc) is 2.32. The molecular weight excluding hydrogens is 252 g/mol. The highest BCUT2D eigenvalue weighted by Gasteiger charge is 2.21. The van der Waals surface area contributed by atoms with Crippen molar-refractivity contribution in [2.75, 3.05) is 0 Å². The minimum Gasteiger partial charge on any atom is -0.490 e. The molecule has 1 aliphatic carbocycles. The van der Waals surface area contributed by atoms with Crippen LogP contribution < -0.4 is 16.2 Å². The maximum Gasteiger partial charge on any atom is 0.252 e. The van der Waals surface area contributed by atoms with E-state index in [1.807, 2.05) is 6.07 Å². The molecule has 0 unspecified atom stereocenters. The highest BCUT2D eigenvalue weighted by Crippen LogP contribution is 2.25. The molecule has 2 rings (SSSR count). The van der Waals surface area contributed by atoms with Gasteiger partial charge in [-0.2, -0.15) is 0 Å². The topological polar surface area (TPSA) is 78.3 Å². The lowest BCUT2D eigenvalue weighted by Crippen LogP contribution is -2.32. The van der Waals surface area contributed by atoms with Gasteiger partial charge in [-0.1, -0.05) is 12.1 Å². The van der Waals surface area contributed by atoms with Crippen LogP contribution >= 0.6 is 12.4 Å². The molecule has 1 aromatic carbocycles. The number of halogens is 1. The number of carbonyl (C=O) groups excluding carboxylic acids is 1. The monoisotopic (exact) mass is 270 g/mol. The van der Waals surface area contributed by atoms with E-state index in [1.54, 1.807) is 18.2 Å². The van der Waals surface area contributed by atoms with Crippen LogP contribution in [-0.2, 0) is 0 Å². The summed E-state index contributed by atoms with van der Waals surface area (Å²) in [5.74, 6) is 0.133. The average molecular weight is 271 g/mol. The van der Waals surface area contributed by atoms with Crippen molar-refractivity contribution in [1.82, 2.24) is 0 Å². The predicted octanol–water partition coefficient (Wildman–Crippen LogP) is 1.86. The number of nitrogens with two attached hydrogens (primary N) is 2. The fourth-order valence-corrected chi connectivity index (χ4v) is 2.16. The number of benzene rings is 1. The van der Waals surface area contributed by atoms with E-state index in [0.717, 1.165) is 25.7 Å². The van der Waals surface area contributed by atoms with Gasteiger partial charge >= 0.3 is 0 Å². The summed E-state index contributed by atoms with van der Waals surface area (Å²) in [5.41, 5.74) is 11.6. The van der Waals surface area contributed by atoms with E-state index in [4.69, 9.17) is 16.2 Å². The lowest BCUT2D eigenvalue weighted by Gasteiger charge is -2.27. The molecule has 0 bridgehead atoms. The third kappa shape index (κ3) is 3.62. The van der Waals surface area contributed by atoms with Crippen molar-refractivity contribution in [3.05, 3.63) is 29.8 Å². The van der Waals surface area contributed by atoms with Gasteiger partial charge in [0.25, 0.3) is 5.91 Å². The van der Waals surface area contributed by atoms with Crippen molar-refractivity contribution < 1.29 is 9.53 Å². The Morgan fingerprint density at radius 1 is 1.17 bits per heavy atom. The van der Waals surface area contributed by atoms with Crippen molar-refractivity contribution >= 4 is 18.3 Å². The number of primary amides is 1. The Bertz CT molecular complexity index is 404. The third-order valence-corrected chi connectivity index (χ3v) is 3.17. The standard InChI is InChI=1S/C13H18N2O2.ClH/c14-9-5-7-10(8-6-9)17-12-4-2-1-3-11(12)13(15)16;/h1-4,9-10H,5-8,14H2,(H2,15,16);1H. The Labute approximate surface area is 113 Å². The number of carbonyl (C=O) groups is 1. The van der Waals surface area contributed by atoms with Crippen LogP contribution in [0.5, 0.6) is 5.75 Å². The van der Waals surface area contributed by atoms with Crippen LogP contribution in [0, 0.1) is 0 Å². The molecule has 18 heavy (non-hydrogen) atoms. The van der Waals surface area contributed by atoms with Gasteiger partial charge in [-0.25, -0.2) is 0 Å². The summed E-state index contributed by atoms with van der Waals surface area (Å²) >= 11 is 0. The number of amides is 1. The van der Waals surface area contributed by atoms with Crippen LogP contribution in [0.4, 0.5) is 0 Å². The van der Waals surface area contributed by atoms with Crippen LogP contribution in [0.25, 0.3) is 0 Å². The molecule has 1 saturated carbocycles. The Morgan fingerprint density at radius 3 is 2.39 bits per heavy atom. The third-order valence-electron chi connectivity index (χ3n) is 3.17. The minimum absolute atomic E-state index is 0. The van der Waals surface area contributed by atoms with Crippen LogP contribution in [0.2, 0.25) is 0 Å².